The van der Waals surface area contributed by atoms with Crippen molar-refractivity contribution in [3.63, 3.8) is 0 Å². The van der Waals surface area contributed by atoms with Crippen LogP contribution in [0.15, 0.2) is 62.9 Å². The molecule has 0 radical (unpaired) electrons. The molecular weight excluding hydrogens is 339 g/mol. The molecule has 5 heteroatoms. The predicted molar refractivity (Wildman–Crippen MR) is 84.4 cm³/mol. The molecule has 100 valence electrons. The number of anilines is 1. The molecule has 2 aromatic carbocycles. The van der Waals surface area contributed by atoms with Gasteiger partial charge in [-0.1, -0.05) is 27.7 Å². The number of halogens is 2. The molecule has 1 aromatic heterocycles. The molecule has 0 fully saturated rings. The van der Waals surface area contributed by atoms with Crippen LogP contribution in [0, 0.1) is 5.82 Å². The van der Waals surface area contributed by atoms with E-state index >= 15 is 0 Å². The largest absolute Gasteiger partial charge is 0.397 e. The van der Waals surface area contributed by atoms with Crippen LogP contribution < -0.4 is 5.73 Å². The van der Waals surface area contributed by atoms with Gasteiger partial charge in [-0.15, -0.1) is 0 Å². The van der Waals surface area contributed by atoms with Gasteiger partial charge in [0.05, 0.1) is 17.4 Å². The van der Waals surface area contributed by atoms with Gasteiger partial charge in [-0.2, -0.15) is 0 Å². The highest BCUT2D eigenvalue weighted by Gasteiger charge is 2.09. The lowest BCUT2D eigenvalue weighted by Gasteiger charge is -2.09. The lowest BCUT2D eigenvalue weighted by atomic mass is 10.2. The van der Waals surface area contributed by atoms with Crippen molar-refractivity contribution in [2.45, 2.75) is 9.79 Å². The Kier molecular flexibility index (Phi) is 3.63. The smallest absolute Gasteiger partial charge is 0.123 e. The van der Waals surface area contributed by atoms with E-state index in [1.807, 2.05) is 18.2 Å². The Labute approximate surface area is 128 Å². The average molecular weight is 349 g/mol. The van der Waals surface area contributed by atoms with Crippen molar-refractivity contribution in [2.75, 3.05) is 5.73 Å². The quantitative estimate of drug-likeness (QED) is 0.717. The molecule has 0 unspecified atom stereocenters. The first-order valence-corrected chi connectivity index (χ1v) is 7.51. The minimum atomic E-state index is -0.246. The van der Waals surface area contributed by atoms with Crippen LogP contribution in [0.4, 0.5) is 10.1 Å². The van der Waals surface area contributed by atoms with Crippen molar-refractivity contribution in [3.05, 3.63) is 59.0 Å². The van der Waals surface area contributed by atoms with Gasteiger partial charge in [0.15, 0.2) is 0 Å². The second-order valence-electron chi connectivity index (χ2n) is 4.26. The Morgan fingerprint density at radius 1 is 1.10 bits per heavy atom. The van der Waals surface area contributed by atoms with Gasteiger partial charge in [0.25, 0.3) is 0 Å². The molecule has 0 amide bonds. The topological polar surface area (TPSA) is 38.9 Å². The molecule has 0 atom stereocenters. The van der Waals surface area contributed by atoms with Crippen molar-refractivity contribution in [2.24, 2.45) is 0 Å². The summed E-state index contributed by atoms with van der Waals surface area (Å²) < 4.78 is 13.9. The highest BCUT2D eigenvalue weighted by molar-refractivity contribution is 9.10. The normalized spacial score (nSPS) is 10.9. The van der Waals surface area contributed by atoms with Gasteiger partial charge in [0, 0.05) is 19.6 Å². The summed E-state index contributed by atoms with van der Waals surface area (Å²) in [5, 5.41) is 0.980. The fraction of sp³-hybridized carbons (Fsp3) is 0. The van der Waals surface area contributed by atoms with Crippen LogP contribution in [0.5, 0.6) is 0 Å². The van der Waals surface area contributed by atoms with Gasteiger partial charge in [0.2, 0.25) is 0 Å². The molecule has 0 saturated heterocycles. The molecule has 2 N–H and O–H groups in total. The van der Waals surface area contributed by atoms with Crippen molar-refractivity contribution in [1.82, 2.24) is 4.98 Å². The Morgan fingerprint density at radius 3 is 2.60 bits per heavy atom. The molecule has 3 aromatic rings. The Bertz CT molecular complexity index is 769. The Morgan fingerprint density at radius 2 is 1.85 bits per heavy atom. The van der Waals surface area contributed by atoms with E-state index in [0.717, 1.165) is 25.2 Å². The molecule has 0 aliphatic rings. The SMILES string of the molecule is Nc1cnc2ccc(Br)cc2c1Sc1ccc(F)cc1. The second-order valence-corrected chi connectivity index (χ2v) is 6.26. The number of nitrogen functional groups attached to an aromatic ring is 1. The van der Waals surface area contributed by atoms with Gasteiger partial charge in [-0.3, -0.25) is 4.98 Å². The highest BCUT2D eigenvalue weighted by Crippen LogP contribution is 2.37. The third-order valence-corrected chi connectivity index (χ3v) is 4.50. The van der Waals surface area contributed by atoms with E-state index in [1.54, 1.807) is 18.3 Å². The van der Waals surface area contributed by atoms with Gasteiger partial charge < -0.3 is 5.73 Å². The molecule has 0 saturated carbocycles. The molecule has 1 heterocycles. The molecule has 0 aliphatic carbocycles. The maximum atomic E-state index is 13.0. The average Bonchev–Trinajstić information content (AvgIpc) is 2.44. The van der Waals surface area contributed by atoms with Crippen LogP contribution in [0.3, 0.4) is 0 Å². The number of fused-ring (bicyclic) bond motifs is 1. The standard InChI is InChI=1S/C15H10BrFN2S/c16-9-1-6-14-12(7-9)15(13(18)8-19-14)20-11-4-2-10(17)3-5-11/h1-8H,18H2. The minimum Gasteiger partial charge on any atom is -0.397 e. The van der Waals surface area contributed by atoms with Crippen LogP contribution in [0.1, 0.15) is 0 Å². The van der Waals surface area contributed by atoms with Crippen LogP contribution in [0.2, 0.25) is 0 Å². The third kappa shape index (κ3) is 2.64. The number of nitrogens with two attached hydrogens (primary N) is 1. The summed E-state index contributed by atoms with van der Waals surface area (Å²) in [5.41, 5.74) is 7.54. The number of aromatic nitrogens is 1. The first-order chi connectivity index (χ1) is 9.63. The zero-order chi connectivity index (χ0) is 14.1. The lowest BCUT2D eigenvalue weighted by molar-refractivity contribution is 0.626. The first kappa shape index (κ1) is 13.4. The Hall–Kier alpha value is -1.59. The summed E-state index contributed by atoms with van der Waals surface area (Å²) in [6, 6.07) is 12.2. The Balaban J connectivity index is 2.12. The minimum absolute atomic E-state index is 0.246. The third-order valence-electron chi connectivity index (χ3n) is 2.84. The second kappa shape index (κ2) is 5.42. The van der Waals surface area contributed by atoms with E-state index in [9.17, 15) is 4.39 Å². The molecule has 0 aliphatic heterocycles. The maximum Gasteiger partial charge on any atom is 0.123 e. The summed E-state index contributed by atoms with van der Waals surface area (Å²) in [6.45, 7) is 0. The fourth-order valence-electron chi connectivity index (χ4n) is 1.89. The van der Waals surface area contributed by atoms with Gasteiger partial charge >= 0.3 is 0 Å². The van der Waals surface area contributed by atoms with E-state index in [-0.39, 0.29) is 5.82 Å². The zero-order valence-corrected chi connectivity index (χ0v) is 12.7. The lowest BCUT2D eigenvalue weighted by Crippen LogP contribution is -1.92. The van der Waals surface area contributed by atoms with Gasteiger partial charge in [-0.25, -0.2) is 4.39 Å². The van der Waals surface area contributed by atoms with Gasteiger partial charge in [0.1, 0.15) is 5.82 Å². The summed E-state index contributed by atoms with van der Waals surface area (Å²) >= 11 is 4.97. The van der Waals surface area contributed by atoms with Gasteiger partial charge in [-0.05, 0) is 42.5 Å². The van der Waals surface area contributed by atoms with E-state index in [4.69, 9.17) is 5.73 Å². The van der Waals surface area contributed by atoms with Crippen molar-refractivity contribution < 1.29 is 4.39 Å². The summed E-state index contributed by atoms with van der Waals surface area (Å²) in [5.74, 6) is -0.246. The fourth-order valence-corrected chi connectivity index (χ4v) is 3.20. The zero-order valence-electron chi connectivity index (χ0n) is 10.3. The van der Waals surface area contributed by atoms with Crippen molar-refractivity contribution >= 4 is 44.3 Å². The van der Waals surface area contributed by atoms with Crippen molar-refractivity contribution in [1.29, 1.82) is 0 Å². The summed E-state index contributed by atoms with van der Waals surface area (Å²) in [4.78, 5) is 6.19. The number of benzene rings is 2. The molecule has 2 nitrogen and oxygen atoms in total. The van der Waals surface area contributed by atoms with E-state index in [0.29, 0.717) is 5.69 Å². The van der Waals surface area contributed by atoms with Crippen LogP contribution >= 0.6 is 27.7 Å². The molecule has 20 heavy (non-hydrogen) atoms. The highest BCUT2D eigenvalue weighted by atomic mass is 79.9. The number of nitrogens with zero attached hydrogens (tertiary/aromatic N) is 1. The number of rotatable bonds is 2. The molecule has 0 bridgehead atoms. The van der Waals surface area contributed by atoms with E-state index < -0.39 is 0 Å². The van der Waals surface area contributed by atoms with Crippen LogP contribution in [-0.4, -0.2) is 4.98 Å². The summed E-state index contributed by atoms with van der Waals surface area (Å²) in [6.07, 6.45) is 1.65. The number of hydrogen-bond donors (Lipinski definition) is 1. The van der Waals surface area contributed by atoms with E-state index in [1.165, 1.54) is 23.9 Å². The van der Waals surface area contributed by atoms with E-state index in [2.05, 4.69) is 20.9 Å². The number of hydrogen-bond acceptors (Lipinski definition) is 3. The van der Waals surface area contributed by atoms with Crippen LogP contribution in [0.25, 0.3) is 10.9 Å². The van der Waals surface area contributed by atoms with Crippen LogP contribution in [-0.2, 0) is 0 Å². The summed E-state index contributed by atoms with van der Waals surface area (Å²) in [7, 11) is 0. The first-order valence-electron chi connectivity index (χ1n) is 5.90. The molecule has 3 rings (SSSR count). The predicted octanol–water partition coefficient (Wildman–Crippen LogP) is 4.87. The monoisotopic (exact) mass is 348 g/mol. The molecule has 0 spiro atoms. The molecular formula is C15H10BrFN2S. The number of pyridine rings is 1. The maximum absolute atomic E-state index is 13.0. The van der Waals surface area contributed by atoms with Crippen molar-refractivity contribution in [3.8, 4) is 0 Å².